The van der Waals surface area contributed by atoms with E-state index in [9.17, 15) is 14.7 Å². The summed E-state index contributed by atoms with van der Waals surface area (Å²) >= 11 is 0. The highest BCUT2D eigenvalue weighted by Crippen LogP contribution is 2.27. The second-order valence-corrected chi connectivity index (χ2v) is 8.25. The van der Waals surface area contributed by atoms with E-state index in [-0.39, 0.29) is 5.91 Å². The Balaban J connectivity index is 1.54. The minimum absolute atomic E-state index is 0.137. The van der Waals surface area contributed by atoms with Gasteiger partial charge in [-0.25, -0.2) is 4.79 Å². The van der Waals surface area contributed by atoms with Gasteiger partial charge in [0.05, 0.1) is 13.1 Å². The molecule has 0 unspecified atom stereocenters. The van der Waals surface area contributed by atoms with Gasteiger partial charge in [0.15, 0.2) is 0 Å². The first-order chi connectivity index (χ1) is 13.1. The molecule has 2 aromatic carbocycles. The first-order valence-electron chi connectivity index (χ1n) is 9.29. The molecule has 6 heteroatoms. The van der Waals surface area contributed by atoms with Gasteiger partial charge in [-0.2, -0.15) is 0 Å². The number of nitrogens with one attached hydrogen (secondary N) is 1. The molecule has 1 aliphatic rings. The Hall–Kier alpha value is -2.86. The first kappa shape index (κ1) is 19.9. The second-order valence-electron chi connectivity index (χ2n) is 8.25. The van der Waals surface area contributed by atoms with Gasteiger partial charge in [-0.3, -0.25) is 10.1 Å². The summed E-state index contributed by atoms with van der Waals surface area (Å²) in [5.41, 5.74) is 0.657. The molecule has 0 spiro atoms. The molecule has 0 aliphatic carbocycles. The van der Waals surface area contributed by atoms with Crippen molar-refractivity contribution in [3.63, 3.8) is 0 Å². The Morgan fingerprint density at radius 3 is 2.25 bits per heavy atom. The molecule has 6 nitrogen and oxygen atoms in total. The summed E-state index contributed by atoms with van der Waals surface area (Å²) in [4.78, 5) is 26.0. The number of carbonyl (C=O) groups is 2. The van der Waals surface area contributed by atoms with Crippen molar-refractivity contribution in [3.8, 4) is 0 Å². The zero-order chi connectivity index (χ0) is 20.4. The molecule has 2 amide bonds. The van der Waals surface area contributed by atoms with Crippen molar-refractivity contribution in [2.75, 3.05) is 18.4 Å². The molecule has 3 rings (SSSR count). The number of hydrogen-bond acceptors (Lipinski definition) is 4. The van der Waals surface area contributed by atoms with Crippen molar-refractivity contribution < 1.29 is 19.4 Å². The van der Waals surface area contributed by atoms with Crippen molar-refractivity contribution in [3.05, 3.63) is 65.7 Å². The summed E-state index contributed by atoms with van der Waals surface area (Å²) in [6, 6.07) is 16.4. The van der Waals surface area contributed by atoms with Crippen LogP contribution in [0, 0.1) is 0 Å². The number of hydrogen-bond donors (Lipinski definition) is 2. The molecule has 1 aliphatic heterocycles. The van der Waals surface area contributed by atoms with Crippen molar-refractivity contribution in [1.29, 1.82) is 0 Å². The number of likely N-dealkylation sites (tertiary alicyclic amines) is 1. The lowest BCUT2D eigenvalue weighted by Crippen LogP contribution is -2.64. The molecular formula is C22H26N2O4. The smallest absolute Gasteiger partial charge is 0.412 e. The average molecular weight is 382 g/mol. The third kappa shape index (κ3) is 5.10. The highest BCUT2D eigenvalue weighted by molar-refractivity contribution is 5.95. The van der Waals surface area contributed by atoms with Crippen LogP contribution in [0.2, 0.25) is 0 Å². The quantitative estimate of drug-likeness (QED) is 0.849. The second kappa shape index (κ2) is 7.64. The predicted molar refractivity (Wildman–Crippen MR) is 107 cm³/mol. The highest BCUT2D eigenvalue weighted by Gasteiger charge is 2.43. The van der Waals surface area contributed by atoms with Crippen LogP contribution in [-0.2, 0) is 11.2 Å². The van der Waals surface area contributed by atoms with Crippen LogP contribution in [0.5, 0.6) is 0 Å². The topological polar surface area (TPSA) is 78.9 Å². The fourth-order valence-corrected chi connectivity index (χ4v) is 3.20. The standard InChI is InChI=1S/C22H26N2O4/c1-21(2,3)28-20(26)23-18-11-9-17(10-12-18)19(25)24-14-22(27,15-24)13-16-7-5-4-6-8-16/h4-12,27H,13-15H2,1-3H3,(H,23,26). The van der Waals surface area contributed by atoms with Crippen molar-refractivity contribution in [1.82, 2.24) is 4.90 Å². The van der Waals surface area contributed by atoms with Gasteiger partial charge in [-0.15, -0.1) is 0 Å². The molecular weight excluding hydrogens is 356 g/mol. The number of amides is 2. The molecule has 28 heavy (non-hydrogen) atoms. The molecule has 0 atom stereocenters. The number of β-amino-alcohol motifs (C(OH)–C–C–N with tert-alkyl or cyclic N) is 1. The molecule has 2 aromatic rings. The maximum atomic E-state index is 12.6. The first-order valence-corrected chi connectivity index (χ1v) is 9.29. The molecule has 1 saturated heterocycles. The van der Waals surface area contributed by atoms with Gasteiger partial charge in [0.2, 0.25) is 0 Å². The summed E-state index contributed by atoms with van der Waals surface area (Å²) in [7, 11) is 0. The van der Waals surface area contributed by atoms with Crippen molar-refractivity contribution in [2.45, 2.75) is 38.4 Å². The number of benzene rings is 2. The summed E-state index contributed by atoms with van der Waals surface area (Å²) in [6.45, 7) is 5.98. The maximum absolute atomic E-state index is 12.6. The van der Waals surface area contributed by atoms with Gasteiger partial charge in [-0.05, 0) is 50.6 Å². The van der Waals surface area contributed by atoms with E-state index >= 15 is 0 Å². The van der Waals surface area contributed by atoms with Crippen LogP contribution in [0.3, 0.4) is 0 Å². The average Bonchev–Trinajstić information content (AvgIpc) is 2.59. The number of carbonyl (C=O) groups excluding carboxylic acids is 2. The summed E-state index contributed by atoms with van der Waals surface area (Å²) in [6.07, 6.45) is -0.0172. The SMILES string of the molecule is CC(C)(C)OC(=O)Nc1ccc(C(=O)N2CC(O)(Cc3ccccc3)C2)cc1. The van der Waals surface area contributed by atoms with E-state index in [0.717, 1.165) is 5.56 Å². The Morgan fingerprint density at radius 1 is 1.07 bits per heavy atom. The third-order valence-corrected chi connectivity index (χ3v) is 4.41. The Kier molecular flexibility index (Phi) is 5.42. The fraction of sp³-hybridized carbons (Fsp3) is 0.364. The zero-order valence-corrected chi connectivity index (χ0v) is 16.4. The van der Waals surface area contributed by atoms with Crippen molar-refractivity contribution in [2.24, 2.45) is 0 Å². The Bertz CT molecular complexity index is 835. The molecule has 2 N–H and O–H groups in total. The lowest BCUT2D eigenvalue weighted by Gasteiger charge is -2.46. The van der Waals surface area contributed by atoms with Crippen LogP contribution >= 0.6 is 0 Å². The van der Waals surface area contributed by atoms with E-state index < -0.39 is 17.3 Å². The Labute approximate surface area is 165 Å². The molecule has 0 radical (unpaired) electrons. The monoisotopic (exact) mass is 382 g/mol. The van der Waals surface area contributed by atoms with Gasteiger partial charge < -0.3 is 14.7 Å². The van der Waals surface area contributed by atoms with Crippen LogP contribution < -0.4 is 5.32 Å². The van der Waals surface area contributed by atoms with Gasteiger partial charge in [-0.1, -0.05) is 30.3 Å². The molecule has 0 saturated carbocycles. The summed E-state index contributed by atoms with van der Waals surface area (Å²) < 4.78 is 5.20. The molecule has 0 aromatic heterocycles. The Morgan fingerprint density at radius 2 is 1.68 bits per heavy atom. The van der Waals surface area contributed by atoms with Crippen molar-refractivity contribution >= 4 is 17.7 Å². The largest absolute Gasteiger partial charge is 0.444 e. The maximum Gasteiger partial charge on any atom is 0.412 e. The van der Waals surface area contributed by atoms with E-state index in [1.165, 1.54) is 0 Å². The lowest BCUT2D eigenvalue weighted by atomic mass is 9.86. The minimum atomic E-state index is -0.880. The normalized spacial score (nSPS) is 15.5. The van der Waals surface area contributed by atoms with E-state index in [0.29, 0.717) is 30.8 Å². The van der Waals surface area contributed by atoms with Gasteiger partial charge in [0, 0.05) is 17.7 Å². The number of rotatable bonds is 4. The van der Waals surface area contributed by atoms with Gasteiger partial charge in [0.25, 0.3) is 5.91 Å². The molecule has 1 heterocycles. The molecule has 148 valence electrons. The molecule has 1 fully saturated rings. The van der Waals surface area contributed by atoms with Crippen LogP contribution in [0.4, 0.5) is 10.5 Å². The van der Waals surface area contributed by atoms with E-state index in [1.54, 1.807) is 49.9 Å². The van der Waals surface area contributed by atoms with Gasteiger partial charge >= 0.3 is 6.09 Å². The number of aliphatic hydroxyl groups is 1. The van der Waals surface area contributed by atoms with E-state index in [4.69, 9.17) is 4.74 Å². The van der Waals surface area contributed by atoms with Gasteiger partial charge in [0.1, 0.15) is 11.2 Å². The predicted octanol–water partition coefficient (Wildman–Crippen LogP) is 3.46. The summed E-state index contributed by atoms with van der Waals surface area (Å²) in [5, 5.41) is 13.2. The van der Waals surface area contributed by atoms with Crippen LogP contribution in [0.1, 0.15) is 36.7 Å². The fourth-order valence-electron chi connectivity index (χ4n) is 3.20. The number of anilines is 1. The number of nitrogens with zero attached hydrogens (tertiary/aromatic N) is 1. The van der Waals surface area contributed by atoms with Crippen LogP contribution in [0.15, 0.2) is 54.6 Å². The lowest BCUT2D eigenvalue weighted by molar-refractivity contribution is -0.0799. The zero-order valence-electron chi connectivity index (χ0n) is 16.4. The van der Waals surface area contributed by atoms with Crippen LogP contribution in [-0.4, -0.2) is 46.3 Å². The molecule has 0 bridgehead atoms. The number of ether oxygens (including phenoxy) is 1. The summed E-state index contributed by atoms with van der Waals surface area (Å²) in [5.74, 6) is -0.137. The van der Waals surface area contributed by atoms with Crippen LogP contribution in [0.25, 0.3) is 0 Å². The third-order valence-electron chi connectivity index (χ3n) is 4.41. The van der Waals surface area contributed by atoms with E-state index in [1.807, 2.05) is 30.3 Å². The van der Waals surface area contributed by atoms with E-state index in [2.05, 4.69) is 5.32 Å². The highest BCUT2D eigenvalue weighted by atomic mass is 16.6. The minimum Gasteiger partial charge on any atom is -0.444 e.